The van der Waals surface area contributed by atoms with Crippen LogP contribution in [0.25, 0.3) is 66.8 Å². The second-order valence-corrected chi connectivity index (χ2v) is 10.6. The first-order valence-corrected chi connectivity index (χ1v) is 15.0. The molecule has 0 heterocycles. The molecule has 0 spiro atoms. The van der Waals surface area contributed by atoms with Crippen LogP contribution in [0.15, 0.2) is 182 Å². The van der Waals surface area contributed by atoms with E-state index in [1.165, 1.54) is 73.8 Å². The van der Waals surface area contributed by atoms with Crippen LogP contribution < -0.4 is 5.73 Å². The number of hydrogen-bond acceptors (Lipinski definition) is 1. The molecule has 2 N–H and O–H groups in total. The molecule has 0 unspecified atom stereocenters. The first-order chi connectivity index (χ1) is 21.8. The van der Waals surface area contributed by atoms with Crippen LogP contribution in [0, 0.1) is 0 Å². The molecule has 0 saturated carbocycles. The maximum atomic E-state index is 4.50. The van der Waals surface area contributed by atoms with E-state index in [1.807, 2.05) is 0 Å². The minimum Gasteiger partial charge on any atom is -0.333 e. The third-order valence-corrected chi connectivity index (χ3v) is 7.84. The quantitative estimate of drug-likeness (QED) is 0.213. The first-order valence-electron chi connectivity index (χ1n) is 15.0. The lowest BCUT2D eigenvalue weighted by atomic mass is 9.87. The summed E-state index contributed by atoms with van der Waals surface area (Å²) in [6, 6.07) is 65.4. The smallest absolute Gasteiger partial charge is 0.0105 e. The van der Waals surface area contributed by atoms with E-state index in [4.69, 9.17) is 0 Å². The highest BCUT2D eigenvalue weighted by atomic mass is 14.4. The minimum absolute atomic E-state index is 1.21. The fourth-order valence-corrected chi connectivity index (χ4v) is 5.74. The van der Waals surface area contributed by atoms with Crippen molar-refractivity contribution in [2.75, 3.05) is 7.05 Å². The lowest BCUT2D eigenvalue weighted by Crippen LogP contribution is -1.90. The van der Waals surface area contributed by atoms with Crippen molar-refractivity contribution in [2.24, 2.45) is 5.73 Å². The van der Waals surface area contributed by atoms with Crippen molar-refractivity contribution < 1.29 is 0 Å². The molecule has 0 aliphatic carbocycles. The summed E-state index contributed by atoms with van der Waals surface area (Å²) in [5.74, 6) is 0. The van der Waals surface area contributed by atoms with Crippen LogP contribution >= 0.6 is 0 Å². The predicted molar refractivity (Wildman–Crippen MR) is 189 cm³/mol. The third-order valence-electron chi connectivity index (χ3n) is 7.84. The summed E-state index contributed by atoms with van der Waals surface area (Å²) in [4.78, 5) is 0. The molecular weight excluding hydrogens is 530 g/mol. The number of nitrogens with two attached hydrogens (primary N) is 1. The fourth-order valence-electron chi connectivity index (χ4n) is 5.74. The molecule has 7 aromatic rings. The van der Waals surface area contributed by atoms with Crippen LogP contribution in [0.4, 0.5) is 0 Å². The van der Waals surface area contributed by atoms with Crippen LogP contribution in [0.5, 0.6) is 0 Å². The number of benzene rings is 7. The molecule has 0 amide bonds. The van der Waals surface area contributed by atoms with Gasteiger partial charge >= 0.3 is 0 Å². The summed E-state index contributed by atoms with van der Waals surface area (Å²) in [6.07, 6.45) is 0. The van der Waals surface area contributed by atoms with E-state index in [-0.39, 0.29) is 0 Å². The van der Waals surface area contributed by atoms with Crippen LogP contribution in [-0.2, 0) is 0 Å². The van der Waals surface area contributed by atoms with Crippen LogP contribution in [0.2, 0.25) is 0 Å². The molecule has 0 aliphatic rings. The SMILES string of the molecule is CN.c1ccc(-c2cc(-c3ccccc3)cc(-c3ccccc3-c3cc(-c4ccccc4)cc(-c4ccccc4)c3)c2)cc1. The Hall–Kier alpha value is -5.50. The second-order valence-electron chi connectivity index (χ2n) is 10.6. The van der Waals surface area contributed by atoms with E-state index in [2.05, 4.69) is 188 Å². The lowest BCUT2D eigenvalue weighted by Gasteiger charge is -2.16. The molecule has 44 heavy (non-hydrogen) atoms. The van der Waals surface area contributed by atoms with Gasteiger partial charge in [0.2, 0.25) is 0 Å². The summed E-state index contributed by atoms with van der Waals surface area (Å²) in [6.45, 7) is 0. The molecule has 0 bridgehead atoms. The Bertz CT molecular complexity index is 1680. The second kappa shape index (κ2) is 13.6. The lowest BCUT2D eigenvalue weighted by molar-refractivity contribution is 1.48. The maximum absolute atomic E-state index is 4.50. The standard InChI is InChI=1S/C42H30.CH5N/c1-5-15-31(16-6-1)35-25-36(32-17-7-2-8-18-32)28-39(27-35)41-23-13-14-24-42(41)40-29-37(33-19-9-3-10-20-33)26-38(30-40)34-21-11-4-12-22-34;1-2/h1-30H;2H2,1H3. The molecule has 0 saturated heterocycles. The van der Waals surface area contributed by atoms with Crippen molar-refractivity contribution in [3.8, 4) is 66.8 Å². The molecular formula is C43H35N. The number of rotatable bonds is 6. The minimum atomic E-state index is 1.21. The molecule has 0 fully saturated rings. The van der Waals surface area contributed by atoms with Gasteiger partial charge in [-0.1, -0.05) is 146 Å². The van der Waals surface area contributed by atoms with E-state index >= 15 is 0 Å². The van der Waals surface area contributed by atoms with Crippen LogP contribution in [0.3, 0.4) is 0 Å². The van der Waals surface area contributed by atoms with Gasteiger partial charge in [-0.25, -0.2) is 0 Å². The van der Waals surface area contributed by atoms with E-state index in [0.29, 0.717) is 0 Å². The van der Waals surface area contributed by atoms with Crippen LogP contribution in [0.1, 0.15) is 0 Å². The zero-order chi connectivity index (χ0) is 30.1. The van der Waals surface area contributed by atoms with E-state index in [0.717, 1.165) is 0 Å². The van der Waals surface area contributed by atoms with Crippen molar-refractivity contribution in [3.63, 3.8) is 0 Å². The number of hydrogen-bond donors (Lipinski definition) is 1. The molecule has 7 aromatic carbocycles. The highest BCUT2D eigenvalue weighted by Gasteiger charge is 2.14. The van der Waals surface area contributed by atoms with Crippen molar-refractivity contribution in [1.29, 1.82) is 0 Å². The fraction of sp³-hybridized carbons (Fsp3) is 0.0233. The monoisotopic (exact) mass is 565 g/mol. The van der Waals surface area contributed by atoms with Gasteiger partial charge in [-0.15, -0.1) is 0 Å². The van der Waals surface area contributed by atoms with Gasteiger partial charge in [0, 0.05) is 0 Å². The Labute approximate surface area is 260 Å². The zero-order valence-corrected chi connectivity index (χ0v) is 24.9. The van der Waals surface area contributed by atoms with Gasteiger partial charge in [0.15, 0.2) is 0 Å². The van der Waals surface area contributed by atoms with Crippen LogP contribution in [-0.4, -0.2) is 7.05 Å². The molecule has 1 heteroatoms. The molecule has 0 radical (unpaired) electrons. The summed E-state index contributed by atoms with van der Waals surface area (Å²) < 4.78 is 0. The van der Waals surface area contributed by atoms with Gasteiger partial charge in [0.05, 0.1) is 0 Å². The van der Waals surface area contributed by atoms with E-state index in [1.54, 1.807) is 0 Å². The maximum Gasteiger partial charge on any atom is -0.0105 e. The van der Waals surface area contributed by atoms with Crippen molar-refractivity contribution in [3.05, 3.63) is 182 Å². The highest BCUT2D eigenvalue weighted by Crippen LogP contribution is 2.40. The Kier molecular flexibility index (Phi) is 8.88. The zero-order valence-electron chi connectivity index (χ0n) is 24.9. The Morgan fingerprint density at radius 2 is 0.432 bits per heavy atom. The first kappa shape index (κ1) is 28.6. The average molecular weight is 566 g/mol. The predicted octanol–water partition coefficient (Wildman–Crippen LogP) is 11.3. The summed E-state index contributed by atoms with van der Waals surface area (Å²) in [5, 5.41) is 0. The Morgan fingerprint density at radius 1 is 0.227 bits per heavy atom. The molecule has 212 valence electrons. The van der Waals surface area contributed by atoms with Crippen molar-refractivity contribution in [1.82, 2.24) is 0 Å². The van der Waals surface area contributed by atoms with E-state index in [9.17, 15) is 0 Å². The van der Waals surface area contributed by atoms with Gasteiger partial charge in [0.1, 0.15) is 0 Å². The molecule has 0 aliphatic heterocycles. The third kappa shape index (κ3) is 6.29. The van der Waals surface area contributed by atoms with Gasteiger partial charge in [-0.05, 0) is 110 Å². The van der Waals surface area contributed by atoms with Crippen molar-refractivity contribution in [2.45, 2.75) is 0 Å². The molecule has 1 nitrogen and oxygen atoms in total. The summed E-state index contributed by atoms with van der Waals surface area (Å²) in [7, 11) is 1.50. The molecule has 7 rings (SSSR count). The normalized spacial score (nSPS) is 10.5. The Balaban J connectivity index is 0.00000168. The largest absolute Gasteiger partial charge is 0.333 e. The molecule has 0 atom stereocenters. The summed E-state index contributed by atoms with van der Waals surface area (Å²) >= 11 is 0. The summed E-state index contributed by atoms with van der Waals surface area (Å²) in [5.41, 5.74) is 19.1. The van der Waals surface area contributed by atoms with Gasteiger partial charge in [-0.2, -0.15) is 0 Å². The van der Waals surface area contributed by atoms with Crippen molar-refractivity contribution >= 4 is 0 Å². The average Bonchev–Trinajstić information content (AvgIpc) is 3.13. The Morgan fingerprint density at radius 3 is 0.682 bits per heavy atom. The van der Waals surface area contributed by atoms with Gasteiger partial charge < -0.3 is 5.73 Å². The van der Waals surface area contributed by atoms with E-state index < -0.39 is 0 Å². The highest BCUT2D eigenvalue weighted by molar-refractivity contribution is 5.91. The van der Waals surface area contributed by atoms with Gasteiger partial charge in [0.25, 0.3) is 0 Å². The topological polar surface area (TPSA) is 26.0 Å². The van der Waals surface area contributed by atoms with Gasteiger partial charge in [-0.3, -0.25) is 0 Å². The molecule has 0 aromatic heterocycles.